The topological polar surface area (TPSA) is 105 Å². The Morgan fingerprint density at radius 3 is 2.71 bits per heavy atom. The van der Waals surface area contributed by atoms with Gasteiger partial charge in [-0.2, -0.15) is 0 Å². The minimum absolute atomic E-state index is 0.0867. The van der Waals surface area contributed by atoms with Crippen LogP contribution in [-0.2, 0) is 23.9 Å². The molecule has 10 heteroatoms. The molecule has 2 N–H and O–H groups in total. The Bertz CT molecular complexity index is 803. The van der Waals surface area contributed by atoms with Crippen LogP contribution in [0.1, 0.15) is 19.8 Å². The standard InChI is InChI=1S/C18H20FN3O5S/c1-18-7-6-16(25)22(18)13(10-28-18)17(26)27-9-15(24)20-8-14(23)21-12-4-2-11(19)3-5-12/h2-5,13H,6-10H2,1H3,(H,20,24)(H,21,23)/t13-,18+/m1/s1. The second-order valence-electron chi connectivity index (χ2n) is 6.71. The lowest BCUT2D eigenvalue weighted by atomic mass is 10.2. The van der Waals surface area contributed by atoms with Gasteiger partial charge in [0.15, 0.2) is 6.61 Å². The summed E-state index contributed by atoms with van der Waals surface area (Å²) in [6.45, 7) is 1.06. The van der Waals surface area contributed by atoms with E-state index in [4.69, 9.17) is 4.74 Å². The zero-order valence-electron chi connectivity index (χ0n) is 15.2. The third kappa shape index (κ3) is 4.44. The van der Waals surface area contributed by atoms with Crippen molar-refractivity contribution in [1.82, 2.24) is 10.2 Å². The molecule has 0 aromatic heterocycles. The Morgan fingerprint density at radius 2 is 2.00 bits per heavy atom. The van der Waals surface area contributed by atoms with Crippen molar-refractivity contribution in [2.24, 2.45) is 0 Å². The lowest BCUT2D eigenvalue weighted by Gasteiger charge is -2.29. The van der Waals surface area contributed by atoms with Crippen LogP contribution < -0.4 is 10.6 Å². The van der Waals surface area contributed by atoms with E-state index in [1.165, 1.54) is 36.0 Å². The molecule has 28 heavy (non-hydrogen) atoms. The van der Waals surface area contributed by atoms with E-state index in [1.54, 1.807) is 4.90 Å². The molecule has 3 rings (SSSR count). The van der Waals surface area contributed by atoms with Crippen LogP contribution in [0.3, 0.4) is 0 Å². The molecule has 2 aliphatic rings. The Morgan fingerprint density at radius 1 is 1.29 bits per heavy atom. The highest BCUT2D eigenvalue weighted by Gasteiger charge is 2.53. The number of hydrogen-bond acceptors (Lipinski definition) is 6. The first kappa shape index (κ1) is 20.1. The predicted molar refractivity (Wildman–Crippen MR) is 99.7 cm³/mol. The summed E-state index contributed by atoms with van der Waals surface area (Å²) in [6, 6.07) is 4.49. The number of rotatable bonds is 6. The monoisotopic (exact) mass is 409 g/mol. The van der Waals surface area contributed by atoms with Crippen LogP contribution in [0.15, 0.2) is 24.3 Å². The average molecular weight is 409 g/mol. The summed E-state index contributed by atoms with van der Waals surface area (Å²) in [7, 11) is 0. The van der Waals surface area contributed by atoms with E-state index >= 15 is 0 Å². The zero-order valence-corrected chi connectivity index (χ0v) is 16.0. The fourth-order valence-electron chi connectivity index (χ4n) is 3.20. The molecule has 1 aromatic rings. The van der Waals surface area contributed by atoms with Crippen molar-refractivity contribution in [3.8, 4) is 0 Å². The predicted octanol–water partition coefficient (Wildman–Crippen LogP) is 0.878. The van der Waals surface area contributed by atoms with E-state index in [2.05, 4.69) is 10.6 Å². The molecule has 2 heterocycles. The third-order valence-corrected chi connectivity index (χ3v) is 6.14. The summed E-state index contributed by atoms with van der Waals surface area (Å²) in [4.78, 5) is 49.0. The van der Waals surface area contributed by atoms with Crippen LogP contribution in [0, 0.1) is 5.82 Å². The number of amides is 3. The van der Waals surface area contributed by atoms with E-state index < -0.39 is 36.2 Å². The molecule has 2 atom stereocenters. The van der Waals surface area contributed by atoms with Gasteiger partial charge in [-0.25, -0.2) is 9.18 Å². The van der Waals surface area contributed by atoms with Crippen LogP contribution in [0.2, 0.25) is 0 Å². The maximum Gasteiger partial charge on any atom is 0.330 e. The fourth-order valence-corrected chi connectivity index (χ4v) is 4.61. The molecule has 2 fully saturated rings. The number of ether oxygens (including phenoxy) is 1. The largest absolute Gasteiger partial charge is 0.454 e. The highest BCUT2D eigenvalue weighted by Crippen LogP contribution is 2.47. The van der Waals surface area contributed by atoms with Crippen LogP contribution in [0.5, 0.6) is 0 Å². The zero-order chi connectivity index (χ0) is 20.3. The minimum atomic E-state index is -0.695. The average Bonchev–Trinajstić information content (AvgIpc) is 3.16. The Labute approximate surface area is 165 Å². The smallest absolute Gasteiger partial charge is 0.330 e. The molecule has 2 saturated heterocycles. The van der Waals surface area contributed by atoms with E-state index in [0.717, 1.165) is 0 Å². The molecule has 150 valence electrons. The number of esters is 1. The fraction of sp³-hybridized carbons (Fsp3) is 0.444. The van der Waals surface area contributed by atoms with Gasteiger partial charge in [-0.3, -0.25) is 14.4 Å². The van der Waals surface area contributed by atoms with E-state index in [0.29, 0.717) is 24.3 Å². The lowest BCUT2D eigenvalue weighted by Crippen LogP contribution is -2.47. The van der Waals surface area contributed by atoms with E-state index in [-0.39, 0.29) is 17.3 Å². The Balaban J connectivity index is 1.40. The number of anilines is 1. The lowest BCUT2D eigenvalue weighted by molar-refractivity contribution is -0.156. The Kier molecular flexibility index (Phi) is 5.87. The highest BCUT2D eigenvalue weighted by atomic mass is 32.2. The maximum atomic E-state index is 12.8. The number of carbonyl (C=O) groups excluding carboxylic acids is 4. The van der Waals surface area contributed by atoms with Crippen molar-refractivity contribution >= 4 is 41.1 Å². The van der Waals surface area contributed by atoms with Crippen molar-refractivity contribution in [3.63, 3.8) is 0 Å². The second-order valence-corrected chi connectivity index (χ2v) is 8.21. The first-order chi connectivity index (χ1) is 13.3. The first-order valence-corrected chi connectivity index (χ1v) is 9.72. The second kappa shape index (κ2) is 8.17. The highest BCUT2D eigenvalue weighted by molar-refractivity contribution is 8.01. The molecular formula is C18H20FN3O5S. The molecule has 2 aliphatic heterocycles. The molecule has 0 radical (unpaired) electrons. The third-order valence-electron chi connectivity index (χ3n) is 4.64. The normalized spacial score (nSPS) is 23.3. The van der Waals surface area contributed by atoms with Gasteiger partial charge >= 0.3 is 5.97 Å². The van der Waals surface area contributed by atoms with Gasteiger partial charge in [0.2, 0.25) is 11.8 Å². The quantitative estimate of drug-likeness (QED) is 0.676. The van der Waals surface area contributed by atoms with Crippen molar-refractivity contribution < 1.29 is 28.3 Å². The number of nitrogens with one attached hydrogen (secondary N) is 2. The number of benzene rings is 1. The summed E-state index contributed by atoms with van der Waals surface area (Å²) >= 11 is 1.53. The van der Waals surface area contributed by atoms with Crippen molar-refractivity contribution in [1.29, 1.82) is 0 Å². The summed E-state index contributed by atoms with van der Waals surface area (Å²) < 4.78 is 17.8. The van der Waals surface area contributed by atoms with E-state index in [1.807, 2.05) is 6.92 Å². The molecule has 0 bridgehead atoms. The van der Waals surface area contributed by atoms with Gasteiger partial charge in [0, 0.05) is 17.9 Å². The number of hydrogen-bond donors (Lipinski definition) is 2. The molecule has 0 saturated carbocycles. The summed E-state index contributed by atoms with van der Waals surface area (Å²) in [5, 5.41) is 4.83. The molecule has 3 amide bonds. The van der Waals surface area contributed by atoms with Crippen molar-refractivity contribution in [2.45, 2.75) is 30.7 Å². The molecule has 0 unspecified atom stereocenters. The Hall–Kier alpha value is -2.62. The molecule has 0 aliphatic carbocycles. The number of fused-ring (bicyclic) bond motifs is 1. The summed E-state index contributed by atoms with van der Waals surface area (Å²) in [6.07, 6.45) is 1.08. The van der Waals surface area contributed by atoms with Gasteiger partial charge in [0.25, 0.3) is 5.91 Å². The van der Waals surface area contributed by atoms with Gasteiger partial charge in [0.05, 0.1) is 11.4 Å². The van der Waals surface area contributed by atoms with Crippen LogP contribution >= 0.6 is 11.8 Å². The van der Waals surface area contributed by atoms with Crippen LogP contribution in [0.4, 0.5) is 10.1 Å². The van der Waals surface area contributed by atoms with Crippen LogP contribution in [-0.4, -0.2) is 58.4 Å². The maximum absolute atomic E-state index is 12.8. The summed E-state index contributed by atoms with van der Waals surface area (Å²) in [5.74, 6) is -1.85. The number of carbonyl (C=O) groups is 4. The van der Waals surface area contributed by atoms with Crippen molar-refractivity contribution in [3.05, 3.63) is 30.1 Å². The van der Waals surface area contributed by atoms with E-state index in [9.17, 15) is 23.6 Å². The van der Waals surface area contributed by atoms with Gasteiger partial charge in [0.1, 0.15) is 11.9 Å². The van der Waals surface area contributed by atoms with Gasteiger partial charge in [-0.05, 0) is 37.6 Å². The van der Waals surface area contributed by atoms with Gasteiger partial charge in [-0.15, -0.1) is 11.8 Å². The van der Waals surface area contributed by atoms with Gasteiger partial charge in [-0.1, -0.05) is 0 Å². The first-order valence-electron chi connectivity index (χ1n) is 8.73. The molecule has 0 spiro atoms. The molecular weight excluding hydrogens is 389 g/mol. The SMILES string of the molecule is C[C@]12CCC(=O)N1[C@@H](C(=O)OCC(=O)NCC(=O)Nc1ccc(F)cc1)CS2. The molecule has 8 nitrogen and oxygen atoms in total. The molecule has 1 aromatic carbocycles. The van der Waals surface area contributed by atoms with Crippen molar-refractivity contribution in [2.75, 3.05) is 24.2 Å². The minimum Gasteiger partial charge on any atom is -0.454 e. The number of thioether (sulfide) groups is 1. The number of nitrogens with zero attached hydrogens (tertiary/aromatic N) is 1. The van der Waals surface area contributed by atoms with Crippen LogP contribution in [0.25, 0.3) is 0 Å². The number of halogens is 1. The summed E-state index contributed by atoms with van der Waals surface area (Å²) in [5.41, 5.74) is 0.393. The van der Waals surface area contributed by atoms with Gasteiger partial charge < -0.3 is 20.3 Å².